The maximum Gasteiger partial charge on any atom is 0.141 e. The quantitative estimate of drug-likeness (QED) is 0.895. The molecule has 2 fully saturated rings. The van der Waals surface area contributed by atoms with Crippen LogP contribution in [0, 0.1) is 11.7 Å². The van der Waals surface area contributed by atoms with Crippen LogP contribution in [0.25, 0.3) is 0 Å². The van der Waals surface area contributed by atoms with Gasteiger partial charge in [-0.05, 0) is 68.9 Å². The van der Waals surface area contributed by atoms with Gasteiger partial charge in [-0.2, -0.15) is 0 Å². The minimum Gasteiger partial charge on any atom is -0.314 e. The Balaban J connectivity index is 1.44. The molecule has 0 spiro atoms. The smallest absolute Gasteiger partial charge is 0.141 e. The van der Waals surface area contributed by atoms with Crippen molar-refractivity contribution in [3.8, 4) is 0 Å². The summed E-state index contributed by atoms with van der Waals surface area (Å²) in [5.74, 6) is 0.490. The lowest BCUT2D eigenvalue weighted by Crippen LogP contribution is -2.37. The maximum atomic E-state index is 13.1. The van der Waals surface area contributed by atoms with Crippen LogP contribution in [0.4, 0.5) is 4.39 Å². The normalized spacial score (nSPS) is 21.3. The second-order valence-corrected chi connectivity index (χ2v) is 6.56. The molecule has 1 aliphatic heterocycles. The Morgan fingerprint density at radius 1 is 1.20 bits per heavy atom. The monoisotopic (exact) mass is 296 g/mol. The van der Waals surface area contributed by atoms with Crippen LogP contribution in [-0.2, 0) is 6.54 Å². The van der Waals surface area contributed by atoms with Crippen molar-refractivity contribution in [2.24, 2.45) is 5.92 Å². The van der Waals surface area contributed by atoms with Crippen LogP contribution < -0.4 is 5.32 Å². The number of nitrogens with zero attached hydrogens (tertiary/aromatic N) is 1. The van der Waals surface area contributed by atoms with Crippen LogP contribution in [-0.4, -0.2) is 30.6 Å². The summed E-state index contributed by atoms with van der Waals surface area (Å²) in [6.45, 7) is 4.32. The summed E-state index contributed by atoms with van der Waals surface area (Å²) in [7, 11) is 0. The van der Waals surface area contributed by atoms with Crippen LogP contribution >= 0.6 is 11.6 Å². The molecule has 110 valence electrons. The largest absolute Gasteiger partial charge is 0.314 e. The van der Waals surface area contributed by atoms with Crippen LogP contribution in [0.3, 0.4) is 0 Å². The van der Waals surface area contributed by atoms with Gasteiger partial charge in [-0.1, -0.05) is 17.7 Å². The highest BCUT2D eigenvalue weighted by Gasteiger charge is 2.24. The second-order valence-electron chi connectivity index (χ2n) is 6.15. The predicted molar refractivity (Wildman–Crippen MR) is 80.4 cm³/mol. The third-order valence-electron chi connectivity index (χ3n) is 4.37. The fraction of sp³-hybridized carbons (Fsp3) is 0.625. The standard InChI is InChI=1S/C16H22ClFN2/c17-15-9-13(1-4-16(15)18)11-20-7-5-12(6-8-20)10-19-14-2-3-14/h1,4,9,12,14,19H,2-3,5-8,10-11H2. The third-order valence-corrected chi connectivity index (χ3v) is 4.66. The van der Waals surface area contributed by atoms with Gasteiger partial charge in [0.1, 0.15) is 5.82 Å². The van der Waals surface area contributed by atoms with Gasteiger partial charge in [0, 0.05) is 12.6 Å². The first kappa shape index (κ1) is 14.3. The first-order chi connectivity index (χ1) is 9.70. The summed E-state index contributed by atoms with van der Waals surface area (Å²) in [6, 6.07) is 5.86. The van der Waals surface area contributed by atoms with Crippen LogP contribution in [0.1, 0.15) is 31.2 Å². The minimum atomic E-state index is -0.333. The Morgan fingerprint density at radius 2 is 1.95 bits per heavy atom. The molecule has 0 atom stereocenters. The number of nitrogens with one attached hydrogen (secondary N) is 1. The first-order valence-electron chi connectivity index (χ1n) is 7.60. The van der Waals surface area contributed by atoms with E-state index in [0.29, 0.717) is 0 Å². The summed E-state index contributed by atoms with van der Waals surface area (Å²) in [6.07, 6.45) is 5.25. The fourth-order valence-electron chi connectivity index (χ4n) is 2.87. The molecular formula is C16H22ClFN2. The van der Waals surface area contributed by atoms with Crippen molar-refractivity contribution < 1.29 is 4.39 Å². The fourth-order valence-corrected chi connectivity index (χ4v) is 3.07. The number of halogens is 2. The van der Waals surface area contributed by atoms with Crippen molar-refractivity contribution in [2.45, 2.75) is 38.3 Å². The molecule has 0 amide bonds. The van der Waals surface area contributed by atoms with E-state index in [1.807, 2.05) is 6.07 Å². The molecule has 1 saturated carbocycles. The van der Waals surface area contributed by atoms with Gasteiger partial charge < -0.3 is 5.32 Å². The van der Waals surface area contributed by atoms with Crippen molar-refractivity contribution >= 4 is 11.6 Å². The zero-order valence-electron chi connectivity index (χ0n) is 11.7. The molecule has 1 saturated heterocycles. The Kier molecular flexibility index (Phi) is 4.59. The van der Waals surface area contributed by atoms with Gasteiger partial charge >= 0.3 is 0 Å². The first-order valence-corrected chi connectivity index (χ1v) is 7.98. The molecule has 1 aromatic carbocycles. The van der Waals surface area contributed by atoms with Crippen molar-refractivity contribution in [3.05, 3.63) is 34.6 Å². The van der Waals surface area contributed by atoms with E-state index < -0.39 is 0 Å². The Bertz CT molecular complexity index is 454. The number of hydrogen-bond acceptors (Lipinski definition) is 2. The highest BCUT2D eigenvalue weighted by molar-refractivity contribution is 6.30. The molecular weight excluding hydrogens is 275 g/mol. The number of benzene rings is 1. The van der Waals surface area contributed by atoms with Gasteiger partial charge in [0.05, 0.1) is 5.02 Å². The van der Waals surface area contributed by atoms with Crippen LogP contribution in [0.5, 0.6) is 0 Å². The molecule has 2 aliphatic rings. The van der Waals surface area contributed by atoms with E-state index in [0.717, 1.165) is 37.2 Å². The molecule has 0 bridgehead atoms. The molecule has 2 nitrogen and oxygen atoms in total. The Hall–Kier alpha value is -0.640. The average Bonchev–Trinajstić information content (AvgIpc) is 3.26. The van der Waals surface area contributed by atoms with Gasteiger partial charge in [0.15, 0.2) is 0 Å². The van der Waals surface area contributed by atoms with Crippen LogP contribution in [0.2, 0.25) is 5.02 Å². The minimum absolute atomic E-state index is 0.228. The third kappa shape index (κ3) is 3.94. The zero-order chi connectivity index (χ0) is 13.9. The molecule has 0 unspecified atom stereocenters. The summed E-state index contributed by atoms with van der Waals surface area (Å²) >= 11 is 5.83. The lowest BCUT2D eigenvalue weighted by molar-refractivity contribution is 0.175. The lowest BCUT2D eigenvalue weighted by atomic mass is 9.96. The molecule has 0 aromatic heterocycles. The van der Waals surface area contributed by atoms with E-state index in [1.165, 1.54) is 38.3 Å². The molecule has 4 heteroatoms. The highest BCUT2D eigenvalue weighted by Crippen LogP contribution is 2.23. The van der Waals surface area contributed by atoms with E-state index in [9.17, 15) is 4.39 Å². The number of likely N-dealkylation sites (tertiary alicyclic amines) is 1. The molecule has 1 heterocycles. The van der Waals surface area contributed by atoms with Crippen molar-refractivity contribution in [1.82, 2.24) is 10.2 Å². The van der Waals surface area contributed by atoms with E-state index in [2.05, 4.69) is 10.2 Å². The topological polar surface area (TPSA) is 15.3 Å². The zero-order valence-corrected chi connectivity index (χ0v) is 12.5. The van der Waals surface area contributed by atoms with E-state index >= 15 is 0 Å². The average molecular weight is 297 g/mol. The summed E-state index contributed by atoms with van der Waals surface area (Å²) < 4.78 is 13.1. The molecule has 1 aliphatic carbocycles. The number of rotatable bonds is 5. The van der Waals surface area contributed by atoms with E-state index in [-0.39, 0.29) is 10.8 Å². The van der Waals surface area contributed by atoms with Crippen molar-refractivity contribution in [3.63, 3.8) is 0 Å². The highest BCUT2D eigenvalue weighted by atomic mass is 35.5. The van der Waals surface area contributed by atoms with E-state index in [1.54, 1.807) is 6.07 Å². The molecule has 1 N–H and O–H groups in total. The lowest BCUT2D eigenvalue weighted by Gasteiger charge is -2.32. The van der Waals surface area contributed by atoms with Gasteiger partial charge in [-0.15, -0.1) is 0 Å². The van der Waals surface area contributed by atoms with Crippen molar-refractivity contribution in [2.75, 3.05) is 19.6 Å². The molecule has 3 rings (SSSR count). The summed E-state index contributed by atoms with van der Waals surface area (Å²) in [5.41, 5.74) is 1.10. The maximum absolute atomic E-state index is 13.1. The summed E-state index contributed by atoms with van der Waals surface area (Å²) in [5, 5.41) is 3.85. The Morgan fingerprint density at radius 3 is 2.60 bits per heavy atom. The van der Waals surface area contributed by atoms with Gasteiger partial charge in [-0.25, -0.2) is 4.39 Å². The summed E-state index contributed by atoms with van der Waals surface area (Å²) in [4.78, 5) is 2.44. The van der Waals surface area contributed by atoms with Gasteiger partial charge in [-0.3, -0.25) is 4.90 Å². The molecule has 1 aromatic rings. The van der Waals surface area contributed by atoms with Crippen molar-refractivity contribution in [1.29, 1.82) is 0 Å². The Labute approximate surface area is 125 Å². The predicted octanol–water partition coefficient (Wildman–Crippen LogP) is 3.44. The number of hydrogen-bond donors (Lipinski definition) is 1. The van der Waals surface area contributed by atoms with E-state index in [4.69, 9.17) is 11.6 Å². The SMILES string of the molecule is Fc1ccc(CN2CCC(CNC3CC3)CC2)cc1Cl. The van der Waals surface area contributed by atoms with Gasteiger partial charge in [0.25, 0.3) is 0 Å². The van der Waals surface area contributed by atoms with Crippen LogP contribution in [0.15, 0.2) is 18.2 Å². The second kappa shape index (κ2) is 6.42. The molecule has 0 radical (unpaired) electrons. The molecule has 20 heavy (non-hydrogen) atoms. The van der Waals surface area contributed by atoms with Gasteiger partial charge in [0.2, 0.25) is 0 Å². The number of piperidine rings is 1.